The Kier molecular flexibility index (Phi) is 6.31. The van der Waals surface area contributed by atoms with Gasteiger partial charge in [-0.1, -0.05) is 5.16 Å². The van der Waals surface area contributed by atoms with Gasteiger partial charge in [0.15, 0.2) is 5.69 Å². The quantitative estimate of drug-likeness (QED) is 0.275. The van der Waals surface area contributed by atoms with Crippen molar-refractivity contribution in [3.05, 3.63) is 34.2 Å². The highest BCUT2D eigenvalue weighted by molar-refractivity contribution is 9.10. The third-order valence-corrected chi connectivity index (χ3v) is 5.50. The van der Waals surface area contributed by atoms with Crippen LogP contribution in [0.25, 0.3) is 0 Å². The fraction of sp³-hybridized carbons (Fsp3) is 0.308. The number of nitrogens with zero attached hydrogens (tertiary/aromatic N) is 4. The third kappa shape index (κ3) is 5.13. The third-order valence-electron chi connectivity index (χ3n) is 3.15. The normalized spacial score (nSPS) is 14.0. The van der Waals surface area contributed by atoms with Gasteiger partial charge in [-0.2, -0.15) is 0 Å². The van der Waals surface area contributed by atoms with E-state index >= 15 is 0 Å². The Morgan fingerprint density at radius 3 is 2.88 bits per heavy atom. The molecule has 0 fully saturated rings. The Hall–Kier alpha value is -2.21. The number of nitrogens with one attached hydrogen (secondary N) is 2. The first-order chi connectivity index (χ1) is 11.9. The van der Waals surface area contributed by atoms with Crippen LogP contribution in [0.1, 0.15) is 5.69 Å². The lowest BCUT2D eigenvalue weighted by Crippen LogP contribution is -2.19. The van der Waals surface area contributed by atoms with Crippen LogP contribution in [0.5, 0.6) is 0 Å². The number of rotatable bonds is 6. The molecular weight excluding hydrogens is 419 g/mol. The molecule has 3 N–H and O–H groups in total. The van der Waals surface area contributed by atoms with Crippen LogP contribution in [0, 0.1) is 5.82 Å². The van der Waals surface area contributed by atoms with Gasteiger partial charge in [0.2, 0.25) is 11.7 Å². The summed E-state index contributed by atoms with van der Waals surface area (Å²) in [5, 5.41) is 25.4. The Bertz CT molecular complexity index is 894. The summed E-state index contributed by atoms with van der Waals surface area (Å²) >= 11 is 3.07. The van der Waals surface area contributed by atoms with Crippen molar-refractivity contribution in [1.82, 2.24) is 10.3 Å². The first kappa shape index (κ1) is 19.1. The highest BCUT2D eigenvalue weighted by Crippen LogP contribution is 2.21. The van der Waals surface area contributed by atoms with E-state index in [1.807, 2.05) is 0 Å². The van der Waals surface area contributed by atoms with Gasteiger partial charge in [-0.3, -0.25) is 0 Å². The highest BCUT2D eigenvalue weighted by atomic mass is 79.9. The van der Waals surface area contributed by atoms with Crippen LogP contribution < -0.4 is 10.6 Å². The van der Waals surface area contributed by atoms with E-state index in [2.05, 4.69) is 51.0 Å². The smallest absolute Gasteiger partial charge is 0.203 e. The summed E-state index contributed by atoms with van der Waals surface area (Å²) in [5.74, 6) is 0.00941. The van der Waals surface area contributed by atoms with Crippen molar-refractivity contribution in [2.24, 2.45) is 9.52 Å². The number of oxime groups is 1. The molecule has 1 aromatic heterocycles. The molecule has 0 saturated heterocycles. The molecule has 12 heteroatoms. The minimum Gasteiger partial charge on any atom is -0.409 e. The zero-order valence-corrected chi connectivity index (χ0v) is 15.8. The fourth-order valence-electron chi connectivity index (χ4n) is 1.75. The van der Waals surface area contributed by atoms with Gasteiger partial charge in [0.05, 0.1) is 4.47 Å². The average Bonchev–Trinajstić information content (AvgIpc) is 3.04. The molecule has 1 atom stereocenters. The lowest BCUT2D eigenvalue weighted by atomic mass is 10.3. The van der Waals surface area contributed by atoms with Gasteiger partial charge in [-0.05, 0) is 44.4 Å². The number of amidine groups is 1. The molecule has 2 rings (SSSR count). The molecule has 0 unspecified atom stereocenters. The zero-order chi connectivity index (χ0) is 18.4. The molecule has 2 aromatic rings. The van der Waals surface area contributed by atoms with E-state index in [-0.39, 0.29) is 21.8 Å². The van der Waals surface area contributed by atoms with Gasteiger partial charge in [0, 0.05) is 41.0 Å². The number of aromatic nitrogens is 2. The van der Waals surface area contributed by atoms with Crippen LogP contribution in [0.3, 0.4) is 0 Å². The lowest BCUT2D eigenvalue weighted by molar-refractivity contribution is 0.305. The van der Waals surface area contributed by atoms with Gasteiger partial charge < -0.3 is 15.8 Å². The van der Waals surface area contributed by atoms with Gasteiger partial charge in [-0.15, -0.1) is 0 Å². The van der Waals surface area contributed by atoms with Crippen LogP contribution in [0.4, 0.5) is 15.9 Å². The van der Waals surface area contributed by atoms with Crippen molar-refractivity contribution in [3.63, 3.8) is 0 Å². The maximum Gasteiger partial charge on any atom is 0.203 e. The topological polar surface area (TPSA) is 125 Å². The van der Waals surface area contributed by atoms with Gasteiger partial charge in [0.25, 0.3) is 0 Å². The molecule has 9 nitrogen and oxygen atoms in total. The van der Waals surface area contributed by atoms with E-state index in [4.69, 9.17) is 0 Å². The van der Waals surface area contributed by atoms with E-state index in [0.717, 1.165) is 0 Å². The second-order valence-corrected chi connectivity index (χ2v) is 8.48. The summed E-state index contributed by atoms with van der Waals surface area (Å²) < 4.78 is 33.9. The number of anilines is 2. The van der Waals surface area contributed by atoms with Crippen LogP contribution >= 0.6 is 15.9 Å². The van der Waals surface area contributed by atoms with Gasteiger partial charge >= 0.3 is 0 Å². The molecule has 0 aliphatic rings. The van der Waals surface area contributed by atoms with Crippen LogP contribution in [-0.2, 0) is 9.73 Å². The van der Waals surface area contributed by atoms with Crippen molar-refractivity contribution < 1.29 is 18.4 Å². The van der Waals surface area contributed by atoms with Crippen LogP contribution in [-0.4, -0.2) is 51.2 Å². The molecule has 25 heavy (non-hydrogen) atoms. The van der Waals surface area contributed by atoms with Crippen molar-refractivity contribution >= 4 is 43.0 Å². The molecule has 0 spiro atoms. The molecule has 0 amide bonds. The van der Waals surface area contributed by atoms with E-state index < -0.39 is 15.5 Å². The second kappa shape index (κ2) is 8.25. The largest absolute Gasteiger partial charge is 0.409 e. The standard InChI is InChI=1S/C13H16BrFN6O3S/c1-16-25(2,23)6-5-17-12-11(20-24-21-12)13(19-22)18-8-3-4-10(15)9(14)7-8/h3-4,7,22H,5-6H2,1-2H3,(H,17,21)(H,18,19)/t25-/m1/s1. The highest BCUT2D eigenvalue weighted by Gasteiger charge is 2.18. The summed E-state index contributed by atoms with van der Waals surface area (Å²) in [6, 6.07) is 4.17. The number of benzene rings is 1. The molecule has 136 valence electrons. The second-order valence-electron chi connectivity index (χ2n) is 4.94. The molecule has 0 aliphatic heterocycles. The van der Waals surface area contributed by atoms with Crippen molar-refractivity contribution in [3.8, 4) is 0 Å². The summed E-state index contributed by atoms with van der Waals surface area (Å²) in [6.07, 6.45) is 1.55. The Balaban J connectivity index is 2.13. The van der Waals surface area contributed by atoms with Crippen molar-refractivity contribution in [2.75, 3.05) is 36.2 Å². The van der Waals surface area contributed by atoms with E-state index in [1.165, 1.54) is 25.2 Å². The SMILES string of the molecule is CN=[S@](C)(=O)CCNc1nonc1/C(=N/O)Nc1ccc(F)c(Br)c1. The first-order valence-electron chi connectivity index (χ1n) is 6.95. The number of hydrogen-bond acceptors (Lipinski definition) is 8. The Morgan fingerprint density at radius 2 is 2.24 bits per heavy atom. The Labute approximate surface area is 152 Å². The molecule has 0 radical (unpaired) electrons. The monoisotopic (exact) mass is 434 g/mol. The summed E-state index contributed by atoms with van der Waals surface area (Å²) in [6.45, 7) is 0.300. The van der Waals surface area contributed by atoms with E-state index in [9.17, 15) is 13.8 Å². The van der Waals surface area contributed by atoms with Crippen molar-refractivity contribution in [1.29, 1.82) is 0 Å². The summed E-state index contributed by atoms with van der Waals surface area (Å²) in [5.41, 5.74) is 0.565. The molecule has 0 aliphatic carbocycles. The molecule has 1 aromatic carbocycles. The summed E-state index contributed by atoms with van der Waals surface area (Å²) in [4.78, 5) is 0. The van der Waals surface area contributed by atoms with Crippen molar-refractivity contribution in [2.45, 2.75) is 0 Å². The molecule has 1 heterocycles. The maximum atomic E-state index is 13.3. The predicted molar refractivity (Wildman–Crippen MR) is 96.1 cm³/mol. The zero-order valence-electron chi connectivity index (χ0n) is 13.4. The first-order valence-corrected chi connectivity index (χ1v) is 9.83. The van der Waals surface area contributed by atoms with Gasteiger partial charge in [-0.25, -0.2) is 17.6 Å². The molecular formula is C13H16BrFN6O3S. The van der Waals surface area contributed by atoms with Gasteiger partial charge in [0.1, 0.15) is 5.82 Å². The minimum absolute atomic E-state index is 0.0559. The maximum absolute atomic E-state index is 13.3. The molecule has 0 bridgehead atoms. The van der Waals surface area contributed by atoms with E-state index in [1.54, 1.807) is 6.26 Å². The molecule has 0 saturated carbocycles. The Morgan fingerprint density at radius 1 is 1.48 bits per heavy atom. The predicted octanol–water partition coefficient (Wildman–Crippen LogP) is 2.36. The van der Waals surface area contributed by atoms with Crippen LogP contribution in [0.15, 0.2) is 36.8 Å². The lowest BCUT2D eigenvalue weighted by Gasteiger charge is -2.08. The van der Waals surface area contributed by atoms with E-state index in [0.29, 0.717) is 18.0 Å². The van der Waals surface area contributed by atoms with Crippen LogP contribution in [0.2, 0.25) is 0 Å². The average molecular weight is 435 g/mol. The fourth-order valence-corrected chi connectivity index (χ4v) is 2.79. The summed E-state index contributed by atoms with van der Waals surface area (Å²) in [7, 11) is -0.778. The minimum atomic E-state index is -2.27. The number of halogens is 2. The number of hydrogen-bond donors (Lipinski definition) is 3.